The highest BCUT2D eigenvalue weighted by atomic mass is 16.7. The van der Waals surface area contributed by atoms with Crippen LogP contribution in [0.25, 0.3) is 22.6 Å². The van der Waals surface area contributed by atoms with Crippen LogP contribution in [-0.2, 0) is 9.47 Å². The number of carbonyl (C=O) groups excluding carboxylic acids is 1. The molecule has 2 aliphatic heterocycles. The van der Waals surface area contributed by atoms with Crippen LogP contribution in [0.15, 0.2) is 33.4 Å². The van der Waals surface area contributed by atoms with E-state index in [1.807, 2.05) is 11.8 Å². The van der Waals surface area contributed by atoms with Gasteiger partial charge < -0.3 is 23.3 Å². The van der Waals surface area contributed by atoms with Crippen LogP contribution in [0.4, 0.5) is 0 Å². The number of hydrogen-bond acceptors (Lipinski definition) is 7. The molecule has 8 heteroatoms. The minimum Gasteiger partial charge on any atom is -0.463 e. The third-order valence-electron chi connectivity index (χ3n) is 5.25. The van der Waals surface area contributed by atoms with E-state index in [0.29, 0.717) is 73.0 Å². The van der Waals surface area contributed by atoms with Crippen molar-refractivity contribution in [3.8, 4) is 11.5 Å². The topological polar surface area (TPSA) is 90.8 Å². The van der Waals surface area contributed by atoms with Crippen molar-refractivity contribution in [3.05, 3.63) is 35.7 Å². The average molecular weight is 369 g/mol. The summed E-state index contributed by atoms with van der Waals surface area (Å²) in [5.74, 6) is -0.0173. The quantitative estimate of drug-likeness (QED) is 0.686. The Morgan fingerprint density at radius 1 is 1.22 bits per heavy atom. The highest BCUT2D eigenvalue weighted by molar-refractivity contribution is 6.06. The molecule has 0 saturated carbocycles. The summed E-state index contributed by atoms with van der Waals surface area (Å²) in [4.78, 5) is 19.6. The van der Waals surface area contributed by atoms with Gasteiger partial charge in [0.25, 0.3) is 11.6 Å². The van der Waals surface area contributed by atoms with E-state index in [-0.39, 0.29) is 5.91 Å². The number of carbonyl (C=O) groups is 1. The molecule has 5 rings (SSSR count). The molecule has 0 radical (unpaired) electrons. The third kappa shape index (κ3) is 2.72. The normalized spacial score (nSPS) is 19.2. The third-order valence-corrected chi connectivity index (χ3v) is 5.25. The summed E-state index contributed by atoms with van der Waals surface area (Å²) in [5, 5.41) is 4.63. The summed E-state index contributed by atoms with van der Waals surface area (Å²) in [6.45, 7) is 4.19. The fraction of sp³-hybridized carbons (Fsp3) is 0.421. The molecule has 0 bridgehead atoms. The van der Waals surface area contributed by atoms with E-state index in [0.717, 1.165) is 0 Å². The summed E-state index contributed by atoms with van der Waals surface area (Å²) in [6.07, 6.45) is 2.90. The van der Waals surface area contributed by atoms with Crippen LogP contribution < -0.4 is 0 Å². The SMILES string of the molecule is Cc1noc2nc(-c3ccco3)cc(C(=O)N3CCC4(CC3)OCCO4)c12. The molecule has 5 heterocycles. The van der Waals surface area contributed by atoms with Crippen LogP contribution in [0.3, 0.4) is 0 Å². The van der Waals surface area contributed by atoms with Crippen LogP contribution >= 0.6 is 0 Å². The number of aryl methyl sites for hydroxylation is 1. The average Bonchev–Trinajstić information content (AvgIpc) is 3.44. The molecule has 1 amide bonds. The second-order valence-electron chi connectivity index (χ2n) is 6.88. The van der Waals surface area contributed by atoms with Crippen molar-refractivity contribution in [3.63, 3.8) is 0 Å². The number of likely N-dealkylation sites (tertiary alicyclic amines) is 1. The molecular weight excluding hydrogens is 350 g/mol. The minimum atomic E-state index is -0.517. The van der Waals surface area contributed by atoms with Gasteiger partial charge in [0.2, 0.25) is 0 Å². The molecule has 3 aromatic heterocycles. The Kier molecular flexibility index (Phi) is 3.76. The zero-order chi connectivity index (χ0) is 18.4. The van der Waals surface area contributed by atoms with Gasteiger partial charge in [0.05, 0.1) is 36.1 Å². The summed E-state index contributed by atoms with van der Waals surface area (Å²) >= 11 is 0. The summed E-state index contributed by atoms with van der Waals surface area (Å²) < 4.78 is 22.3. The van der Waals surface area contributed by atoms with Crippen molar-refractivity contribution in [1.82, 2.24) is 15.0 Å². The summed E-state index contributed by atoms with van der Waals surface area (Å²) in [7, 11) is 0. The Hall–Kier alpha value is -2.71. The standard InChI is InChI=1S/C19H19N3O5/c1-12-16-13(11-14(15-3-2-8-24-15)20-17(16)27-21-12)18(23)22-6-4-19(5-7-22)25-9-10-26-19/h2-3,8,11H,4-7,9-10H2,1H3. The van der Waals surface area contributed by atoms with E-state index in [2.05, 4.69) is 10.1 Å². The molecule has 3 aromatic rings. The van der Waals surface area contributed by atoms with Crippen LogP contribution in [0.1, 0.15) is 28.9 Å². The van der Waals surface area contributed by atoms with E-state index in [4.69, 9.17) is 18.4 Å². The Balaban J connectivity index is 1.50. The van der Waals surface area contributed by atoms with Gasteiger partial charge in [-0.15, -0.1) is 0 Å². The zero-order valence-electron chi connectivity index (χ0n) is 14.9. The number of piperidine rings is 1. The number of amides is 1. The molecule has 0 aromatic carbocycles. The van der Waals surface area contributed by atoms with Gasteiger partial charge in [0.1, 0.15) is 5.69 Å². The highest BCUT2D eigenvalue weighted by Crippen LogP contribution is 2.33. The predicted octanol–water partition coefficient (Wildman–Crippen LogP) is 2.77. The maximum atomic E-state index is 13.3. The molecular formula is C19H19N3O5. The van der Waals surface area contributed by atoms with Gasteiger partial charge in [-0.25, -0.2) is 4.98 Å². The number of fused-ring (bicyclic) bond motifs is 1. The van der Waals surface area contributed by atoms with E-state index >= 15 is 0 Å². The minimum absolute atomic E-state index is 0.0747. The lowest BCUT2D eigenvalue weighted by Crippen LogP contribution is -2.47. The first-order chi connectivity index (χ1) is 13.2. The molecule has 2 aliphatic rings. The first-order valence-corrected chi connectivity index (χ1v) is 9.03. The second-order valence-corrected chi connectivity index (χ2v) is 6.88. The number of aromatic nitrogens is 2. The molecule has 0 unspecified atom stereocenters. The molecule has 8 nitrogen and oxygen atoms in total. The first kappa shape index (κ1) is 16.5. The fourth-order valence-electron chi connectivity index (χ4n) is 3.82. The predicted molar refractivity (Wildman–Crippen MR) is 94.0 cm³/mol. The van der Waals surface area contributed by atoms with Crippen molar-refractivity contribution in [2.24, 2.45) is 0 Å². The Morgan fingerprint density at radius 3 is 2.70 bits per heavy atom. The fourth-order valence-corrected chi connectivity index (χ4v) is 3.82. The van der Waals surface area contributed by atoms with Crippen molar-refractivity contribution in [1.29, 1.82) is 0 Å². The number of pyridine rings is 1. The molecule has 0 atom stereocenters. The Bertz CT molecular complexity index is 978. The monoisotopic (exact) mass is 369 g/mol. The van der Waals surface area contributed by atoms with Gasteiger partial charge in [-0.1, -0.05) is 5.16 Å². The number of rotatable bonds is 2. The van der Waals surface area contributed by atoms with Crippen molar-refractivity contribution < 1.29 is 23.2 Å². The van der Waals surface area contributed by atoms with Crippen LogP contribution in [-0.4, -0.2) is 53.0 Å². The van der Waals surface area contributed by atoms with E-state index < -0.39 is 5.79 Å². The Labute approximate surface area is 155 Å². The maximum absolute atomic E-state index is 13.3. The van der Waals surface area contributed by atoms with Gasteiger partial charge in [0.15, 0.2) is 11.5 Å². The van der Waals surface area contributed by atoms with E-state index in [1.54, 1.807) is 24.5 Å². The number of ether oxygens (including phenoxy) is 2. The van der Waals surface area contributed by atoms with Crippen molar-refractivity contribution in [2.75, 3.05) is 26.3 Å². The molecule has 1 spiro atoms. The van der Waals surface area contributed by atoms with Crippen LogP contribution in [0, 0.1) is 6.92 Å². The second kappa shape index (κ2) is 6.17. The molecule has 2 fully saturated rings. The number of nitrogens with zero attached hydrogens (tertiary/aromatic N) is 3. The summed E-state index contributed by atoms with van der Waals surface area (Å²) in [5.41, 5.74) is 2.04. The van der Waals surface area contributed by atoms with Crippen molar-refractivity contribution in [2.45, 2.75) is 25.6 Å². The smallest absolute Gasteiger partial charge is 0.259 e. The lowest BCUT2D eigenvalue weighted by Gasteiger charge is -2.37. The van der Waals surface area contributed by atoms with Gasteiger partial charge in [-0.05, 0) is 25.1 Å². The van der Waals surface area contributed by atoms with E-state index in [9.17, 15) is 4.79 Å². The molecule has 27 heavy (non-hydrogen) atoms. The van der Waals surface area contributed by atoms with Crippen LogP contribution in [0.2, 0.25) is 0 Å². The first-order valence-electron chi connectivity index (χ1n) is 9.03. The van der Waals surface area contributed by atoms with Crippen molar-refractivity contribution >= 4 is 17.0 Å². The maximum Gasteiger partial charge on any atom is 0.259 e. The van der Waals surface area contributed by atoms with E-state index in [1.165, 1.54) is 0 Å². The molecule has 140 valence electrons. The molecule has 0 N–H and O–H groups in total. The van der Waals surface area contributed by atoms with Gasteiger partial charge in [0, 0.05) is 25.9 Å². The largest absolute Gasteiger partial charge is 0.463 e. The number of hydrogen-bond donors (Lipinski definition) is 0. The number of furan rings is 1. The lowest BCUT2D eigenvalue weighted by molar-refractivity contribution is -0.181. The summed E-state index contributed by atoms with van der Waals surface area (Å²) in [6, 6.07) is 5.33. The van der Waals surface area contributed by atoms with Crippen LogP contribution in [0.5, 0.6) is 0 Å². The van der Waals surface area contributed by atoms with Gasteiger partial charge >= 0.3 is 0 Å². The lowest BCUT2D eigenvalue weighted by atomic mass is 10.0. The highest BCUT2D eigenvalue weighted by Gasteiger charge is 2.41. The molecule has 2 saturated heterocycles. The van der Waals surface area contributed by atoms with Gasteiger partial charge in [-0.2, -0.15) is 0 Å². The zero-order valence-corrected chi connectivity index (χ0v) is 14.9. The molecule has 0 aliphatic carbocycles. The van der Waals surface area contributed by atoms with Gasteiger partial charge in [-0.3, -0.25) is 4.79 Å². The Morgan fingerprint density at radius 2 is 2.00 bits per heavy atom.